The van der Waals surface area contributed by atoms with Crippen LogP contribution in [0.3, 0.4) is 0 Å². The molecule has 0 saturated heterocycles. The van der Waals surface area contributed by atoms with Crippen molar-refractivity contribution in [3.63, 3.8) is 0 Å². The number of methoxy groups -OCH3 is 1. The van der Waals surface area contributed by atoms with Crippen LogP contribution in [-0.4, -0.2) is 32.8 Å². The van der Waals surface area contributed by atoms with E-state index in [9.17, 15) is 9.18 Å². The Balaban J connectivity index is 1.39. The summed E-state index contributed by atoms with van der Waals surface area (Å²) in [5, 5.41) is 7.70. The maximum atomic E-state index is 13.2. The zero-order valence-electron chi connectivity index (χ0n) is 18.9. The number of nitrogen functional groups attached to an aromatic ring is 1. The van der Waals surface area contributed by atoms with Crippen molar-refractivity contribution in [1.29, 1.82) is 0 Å². The Morgan fingerprint density at radius 2 is 1.94 bits per heavy atom. The molecular formula is C25H21FN6O2S. The Hall–Kier alpha value is -4.31. The van der Waals surface area contributed by atoms with Crippen molar-refractivity contribution in [1.82, 2.24) is 19.7 Å². The van der Waals surface area contributed by atoms with Crippen molar-refractivity contribution >= 4 is 38.3 Å². The van der Waals surface area contributed by atoms with Crippen molar-refractivity contribution in [2.24, 2.45) is 0 Å². The number of hydrogen-bond donors (Lipinski definition) is 2. The Labute approximate surface area is 204 Å². The van der Waals surface area contributed by atoms with Crippen LogP contribution in [-0.2, 0) is 0 Å². The number of fused-ring (bicyclic) bond motifs is 1. The first-order chi connectivity index (χ1) is 16.9. The van der Waals surface area contributed by atoms with Gasteiger partial charge in [-0.05, 0) is 48.4 Å². The molecule has 10 heteroatoms. The van der Waals surface area contributed by atoms with Crippen LogP contribution in [0.25, 0.3) is 21.3 Å². The van der Waals surface area contributed by atoms with Crippen LogP contribution < -0.4 is 15.8 Å². The maximum Gasteiger partial charge on any atom is 0.261 e. The van der Waals surface area contributed by atoms with Crippen molar-refractivity contribution in [2.45, 2.75) is 13.0 Å². The number of carbonyl (C=O) groups is 1. The SMILES string of the molecule is COc1ncc(-c2ccc3nc(N)sc3c2)cc1C(=O)Nc1cnn(C(C)c2ccc(F)cc2)c1. The Morgan fingerprint density at radius 1 is 1.14 bits per heavy atom. The second-order valence-electron chi connectivity index (χ2n) is 7.91. The fourth-order valence-electron chi connectivity index (χ4n) is 3.76. The van der Waals surface area contributed by atoms with Crippen LogP contribution in [0.15, 0.2) is 67.1 Å². The molecule has 8 nitrogen and oxygen atoms in total. The minimum atomic E-state index is -0.381. The number of carbonyl (C=O) groups excluding carboxylic acids is 1. The highest BCUT2D eigenvalue weighted by Gasteiger charge is 2.18. The molecule has 5 rings (SSSR count). The summed E-state index contributed by atoms with van der Waals surface area (Å²) < 4.78 is 21.2. The largest absolute Gasteiger partial charge is 0.480 e. The van der Waals surface area contributed by atoms with E-state index < -0.39 is 0 Å². The number of anilines is 2. The number of aromatic nitrogens is 4. The summed E-state index contributed by atoms with van der Waals surface area (Å²) in [6, 6.07) is 13.6. The molecule has 35 heavy (non-hydrogen) atoms. The van der Waals surface area contributed by atoms with E-state index in [1.165, 1.54) is 30.6 Å². The molecule has 0 aliphatic carbocycles. The summed E-state index contributed by atoms with van der Waals surface area (Å²) >= 11 is 1.40. The summed E-state index contributed by atoms with van der Waals surface area (Å²) in [4.78, 5) is 21.8. The highest BCUT2D eigenvalue weighted by molar-refractivity contribution is 7.22. The minimum Gasteiger partial charge on any atom is -0.480 e. The second-order valence-corrected chi connectivity index (χ2v) is 8.97. The summed E-state index contributed by atoms with van der Waals surface area (Å²) in [7, 11) is 1.47. The van der Waals surface area contributed by atoms with Gasteiger partial charge in [0.25, 0.3) is 5.91 Å². The topological polar surface area (TPSA) is 108 Å². The molecule has 0 bridgehead atoms. The van der Waals surface area contributed by atoms with Gasteiger partial charge in [-0.2, -0.15) is 5.10 Å². The summed E-state index contributed by atoms with van der Waals surface area (Å²) in [6.45, 7) is 1.94. The van der Waals surface area contributed by atoms with Crippen LogP contribution in [0.2, 0.25) is 0 Å². The molecule has 3 N–H and O–H groups in total. The van der Waals surface area contributed by atoms with Gasteiger partial charge in [0.05, 0.1) is 35.3 Å². The minimum absolute atomic E-state index is 0.142. The normalized spacial score (nSPS) is 12.0. The second kappa shape index (κ2) is 9.15. The van der Waals surface area contributed by atoms with Gasteiger partial charge >= 0.3 is 0 Å². The van der Waals surface area contributed by atoms with E-state index in [1.807, 2.05) is 25.1 Å². The highest BCUT2D eigenvalue weighted by Crippen LogP contribution is 2.31. The van der Waals surface area contributed by atoms with E-state index in [2.05, 4.69) is 20.4 Å². The predicted octanol–water partition coefficient (Wildman–Crippen LogP) is 5.15. The molecule has 176 valence electrons. The standard InChI is InChI=1S/C25H21FN6O2S/c1-14(15-3-6-18(26)7-4-15)32-13-19(12-29-32)30-23(33)20-9-17(11-28-24(20)34-2)16-5-8-21-22(10-16)35-25(27)31-21/h3-14H,1-2H3,(H2,27,31)(H,30,33). The van der Waals surface area contributed by atoms with Crippen molar-refractivity contribution in [2.75, 3.05) is 18.2 Å². The van der Waals surface area contributed by atoms with Crippen LogP contribution in [0.1, 0.15) is 28.9 Å². The van der Waals surface area contributed by atoms with Gasteiger partial charge in [0.1, 0.15) is 11.4 Å². The average molecular weight is 489 g/mol. The number of hydrogen-bond acceptors (Lipinski definition) is 7. The Bertz CT molecular complexity index is 1530. The number of ether oxygens (including phenoxy) is 1. The molecule has 0 aliphatic heterocycles. The van der Waals surface area contributed by atoms with Gasteiger partial charge in [0, 0.05) is 18.0 Å². The number of halogens is 1. The first-order valence-corrected chi connectivity index (χ1v) is 11.5. The first-order valence-electron chi connectivity index (χ1n) is 10.7. The number of thiazole rings is 1. The van der Waals surface area contributed by atoms with Crippen molar-refractivity contribution in [3.05, 3.63) is 84.1 Å². The molecule has 0 saturated carbocycles. The lowest BCUT2D eigenvalue weighted by Gasteiger charge is -2.12. The average Bonchev–Trinajstić information content (AvgIpc) is 3.48. The molecule has 1 unspecified atom stereocenters. The smallest absolute Gasteiger partial charge is 0.261 e. The van der Waals surface area contributed by atoms with E-state index in [0.29, 0.717) is 10.8 Å². The van der Waals surface area contributed by atoms with Gasteiger partial charge in [0.2, 0.25) is 5.88 Å². The number of nitrogens with two attached hydrogens (primary N) is 1. The van der Waals surface area contributed by atoms with Gasteiger partial charge in [-0.15, -0.1) is 0 Å². The molecule has 0 spiro atoms. The third-order valence-electron chi connectivity index (χ3n) is 5.64. The number of rotatable bonds is 6. The molecule has 0 aliphatic rings. The van der Waals surface area contributed by atoms with Gasteiger partial charge in [-0.3, -0.25) is 9.48 Å². The predicted molar refractivity (Wildman–Crippen MR) is 134 cm³/mol. The lowest BCUT2D eigenvalue weighted by Crippen LogP contribution is -2.14. The lowest BCUT2D eigenvalue weighted by atomic mass is 10.1. The van der Waals surface area contributed by atoms with Gasteiger partial charge < -0.3 is 15.8 Å². The zero-order chi connectivity index (χ0) is 24.5. The molecule has 0 fully saturated rings. The fraction of sp³-hybridized carbons (Fsp3) is 0.120. The molecule has 3 aromatic heterocycles. The molecule has 1 atom stereocenters. The molecule has 5 aromatic rings. The molecule has 0 radical (unpaired) electrons. The highest BCUT2D eigenvalue weighted by atomic mass is 32.1. The van der Waals surface area contributed by atoms with E-state index in [0.717, 1.165) is 26.9 Å². The summed E-state index contributed by atoms with van der Waals surface area (Å²) in [5.41, 5.74) is 9.97. The van der Waals surface area contributed by atoms with Crippen molar-refractivity contribution in [3.8, 4) is 17.0 Å². The van der Waals surface area contributed by atoms with Crippen molar-refractivity contribution < 1.29 is 13.9 Å². The number of pyridine rings is 1. The van der Waals surface area contributed by atoms with Crippen LogP contribution in [0, 0.1) is 5.82 Å². The van der Waals surface area contributed by atoms with Gasteiger partial charge in [0.15, 0.2) is 5.13 Å². The fourth-order valence-corrected chi connectivity index (χ4v) is 4.54. The molecule has 1 amide bonds. The monoisotopic (exact) mass is 488 g/mol. The quantitative estimate of drug-likeness (QED) is 0.342. The van der Waals surface area contributed by atoms with Crippen LogP contribution in [0.4, 0.5) is 15.2 Å². The van der Waals surface area contributed by atoms with Crippen LogP contribution >= 0.6 is 11.3 Å². The molecule has 3 heterocycles. The van der Waals surface area contributed by atoms with E-state index in [1.54, 1.807) is 41.5 Å². The third-order valence-corrected chi connectivity index (χ3v) is 6.48. The van der Waals surface area contributed by atoms with E-state index in [4.69, 9.17) is 10.5 Å². The Kier molecular flexibility index (Phi) is 5.87. The Morgan fingerprint density at radius 3 is 2.71 bits per heavy atom. The first kappa shape index (κ1) is 22.5. The number of nitrogens with one attached hydrogen (secondary N) is 1. The molecular weight excluding hydrogens is 467 g/mol. The van der Waals surface area contributed by atoms with E-state index >= 15 is 0 Å². The summed E-state index contributed by atoms with van der Waals surface area (Å²) in [5.74, 6) is -0.468. The third kappa shape index (κ3) is 4.56. The lowest BCUT2D eigenvalue weighted by molar-refractivity contribution is 0.102. The summed E-state index contributed by atoms with van der Waals surface area (Å²) in [6.07, 6.45) is 4.94. The van der Waals surface area contributed by atoms with Gasteiger partial charge in [-0.1, -0.05) is 29.5 Å². The number of benzene rings is 2. The van der Waals surface area contributed by atoms with Gasteiger partial charge in [-0.25, -0.2) is 14.4 Å². The number of nitrogens with zero attached hydrogens (tertiary/aromatic N) is 4. The molecule has 2 aromatic carbocycles. The maximum absolute atomic E-state index is 13.2. The van der Waals surface area contributed by atoms with E-state index in [-0.39, 0.29) is 29.2 Å². The van der Waals surface area contributed by atoms with Crippen LogP contribution in [0.5, 0.6) is 5.88 Å². The zero-order valence-corrected chi connectivity index (χ0v) is 19.7. The number of amides is 1.